The van der Waals surface area contributed by atoms with E-state index in [-0.39, 0.29) is 42.3 Å². The minimum atomic E-state index is -4.20. The summed E-state index contributed by atoms with van der Waals surface area (Å²) in [4.78, 5) is 14.2. The topological polar surface area (TPSA) is 152 Å². The van der Waals surface area contributed by atoms with E-state index < -0.39 is 20.0 Å². The first-order valence-corrected chi connectivity index (χ1v) is 20.3. The summed E-state index contributed by atoms with van der Waals surface area (Å²) in [6.45, 7) is 8.88. The molecule has 0 aliphatic heterocycles. The number of rotatable bonds is 12. The first kappa shape index (κ1) is 38.2. The van der Waals surface area contributed by atoms with Crippen LogP contribution in [-0.4, -0.2) is 114 Å². The van der Waals surface area contributed by atoms with Crippen molar-refractivity contribution in [3.05, 3.63) is 0 Å². The van der Waals surface area contributed by atoms with Crippen molar-refractivity contribution >= 4 is 64.1 Å². The quantitative estimate of drug-likeness (QED) is 0.0989. The van der Waals surface area contributed by atoms with Gasteiger partial charge in [-0.25, -0.2) is 13.2 Å². The Morgan fingerprint density at radius 3 is 2.34 bits per heavy atom. The van der Waals surface area contributed by atoms with Crippen LogP contribution in [0, 0.1) is 22.3 Å². The van der Waals surface area contributed by atoms with E-state index in [2.05, 4.69) is 70.2 Å². The summed E-state index contributed by atoms with van der Waals surface area (Å²) in [7, 11) is 3.43. The van der Waals surface area contributed by atoms with Crippen LogP contribution in [0.3, 0.4) is 0 Å². The van der Waals surface area contributed by atoms with Crippen LogP contribution in [0.2, 0.25) is 0 Å². The zero-order valence-electron chi connectivity index (χ0n) is 24.7. The predicted molar refractivity (Wildman–Crippen MR) is 169 cm³/mol. The van der Waals surface area contributed by atoms with Crippen molar-refractivity contribution in [1.82, 2.24) is 10.2 Å². The molecule has 2 unspecified atom stereocenters. The molecule has 226 valence electrons. The van der Waals surface area contributed by atoms with Crippen molar-refractivity contribution in [3.63, 3.8) is 0 Å². The standard InChI is InChI=1S/C19H35N3O6S.C4H11NO.HI2P/c1-18(2)11-16(12-19(3,13-18)14-27-15-20)21-17(23)28-9-8-22(4,5)7-6-10-29(24,25)26;1-5(2)3-4-6;1-3-2/h16H,6-14H2,1-5H3,(H-,21,23,24,25,26);6H,3-4H2,1-2H3;3H/i;;3D. The molecule has 0 aromatic rings. The van der Waals surface area contributed by atoms with E-state index in [9.17, 15) is 17.8 Å². The van der Waals surface area contributed by atoms with Gasteiger partial charge in [-0.15, -0.1) is 0 Å². The van der Waals surface area contributed by atoms with E-state index in [0.717, 1.165) is 19.4 Å². The van der Waals surface area contributed by atoms with Gasteiger partial charge in [-0.3, -0.25) is 0 Å². The largest absolute Gasteiger partial charge is 0.748 e. The van der Waals surface area contributed by atoms with E-state index in [4.69, 9.17) is 21.1 Å². The number of amides is 1. The lowest BCUT2D eigenvalue weighted by atomic mass is 9.63. The molecule has 0 aromatic carbocycles. The maximum Gasteiger partial charge on any atom is 0.407 e. The van der Waals surface area contributed by atoms with Gasteiger partial charge in [-0.1, -0.05) is 20.8 Å². The molecule has 0 saturated heterocycles. The minimum Gasteiger partial charge on any atom is -0.748 e. The number of alkyl carbamates (subject to hydrolysis) is 1. The van der Waals surface area contributed by atoms with Gasteiger partial charge < -0.3 is 33.8 Å². The van der Waals surface area contributed by atoms with Gasteiger partial charge in [0.05, 0.1) is 38.6 Å². The van der Waals surface area contributed by atoms with Gasteiger partial charge >= 0.3 is 6.09 Å². The number of hydrogen-bond acceptors (Lipinski definition) is 9. The number of nitriles is 1. The zero-order valence-corrected chi connectivity index (χ0v) is 29.7. The van der Waals surface area contributed by atoms with Crippen molar-refractivity contribution in [3.8, 4) is 6.26 Å². The molecule has 1 rings (SSSR count). The molecule has 0 bridgehead atoms. The van der Waals surface area contributed by atoms with Crippen molar-refractivity contribution < 1.29 is 36.8 Å². The molecule has 0 heterocycles. The number of ether oxygens (including phenoxy) is 2. The van der Waals surface area contributed by atoms with Crippen LogP contribution < -0.4 is 5.32 Å². The lowest BCUT2D eigenvalue weighted by Gasteiger charge is -2.45. The van der Waals surface area contributed by atoms with E-state index in [1.165, 1.54) is 0 Å². The van der Waals surface area contributed by atoms with Gasteiger partial charge in [-0.2, -0.15) is 5.26 Å². The third-order valence-electron chi connectivity index (χ3n) is 5.89. The van der Waals surface area contributed by atoms with Crippen molar-refractivity contribution in [2.45, 2.75) is 52.5 Å². The molecule has 0 aromatic heterocycles. The van der Waals surface area contributed by atoms with Gasteiger partial charge in [0.1, 0.15) is 19.8 Å². The summed E-state index contributed by atoms with van der Waals surface area (Å²) in [6, 6.07) is -0.0664. The number of nitrogens with one attached hydrogen (secondary N) is 1. The molecule has 1 amide bonds. The zero-order chi connectivity index (χ0) is 30.9. The van der Waals surface area contributed by atoms with Crippen molar-refractivity contribution in [2.75, 3.05) is 73.4 Å². The molecule has 2 atom stereocenters. The Bertz CT molecular complexity index is 846. The third-order valence-corrected chi connectivity index (χ3v) is 6.67. The average Bonchev–Trinajstić information content (AvgIpc) is 2.69. The Kier molecular flexibility index (Phi) is 20.3. The molecule has 38 heavy (non-hydrogen) atoms. The van der Waals surface area contributed by atoms with Gasteiger partial charge in [-0.05, 0) is 82.9 Å². The molecule has 1 saturated carbocycles. The van der Waals surface area contributed by atoms with Crippen molar-refractivity contribution in [2.24, 2.45) is 10.8 Å². The molecule has 1 fully saturated rings. The number of halogens is 2. The summed E-state index contributed by atoms with van der Waals surface area (Å²) >= 11 is 4.12. The first-order valence-electron chi connectivity index (χ1n) is 12.7. The van der Waals surface area contributed by atoms with Gasteiger partial charge in [0.15, 0.2) is 0 Å². The Morgan fingerprint density at radius 2 is 1.89 bits per heavy atom. The molecule has 15 heteroatoms. The number of carbonyl (C=O) groups excluding carboxylic acids is 1. The Hall–Kier alpha value is 0.240. The summed E-state index contributed by atoms with van der Waals surface area (Å²) < 4.78 is 49.0. The number of aliphatic hydroxyl groups excluding tert-OH is 1. The van der Waals surface area contributed by atoms with E-state index in [0.29, 0.717) is 30.6 Å². The maximum atomic E-state index is 12.2. The number of nitrogens with zero attached hydrogens (tertiary/aromatic N) is 3. The van der Waals surface area contributed by atoms with Gasteiger partial charge in [0, 0.05) is 34.0 Å². The summed E-state index contributed by atoms with van der Waals surface area (Å²) in [5.41, 5.74) is -0.194. The highest BCUT2D eigenvalue weighted by Crippen LogP contribution is 2.46. The second-order valence-corrected chi connectivity index (χ2v) is 21.6. The summed E-state index contributed by atoms with van der Waals surface area (Å²) in [5.74, 6) is -0.387. The molecular formula is C23H47I2N4O7PS. The maximum absolute atomic E-state index is 12.2. The lowest BCUT2D eigenvalue weighted by Crippen LogP contribution is -2.49. The second kappa shape index (κ2) is 20.2. The normalized spacial score (nSPS) is 21.2. The third kappa shape index (κ3) is 24.1. The number of carbonyl (C=O) groups is 1. The van der Waals surface area contributed by atoms with Crippen LogP contribution >= 0.6 is 47.9 Å². The highest BCUT2D eigenvalue weighted by molar-refractivity contribution is 14.3. The van der Waals surface area contributed by atoms with Crippen LogP contribution in [-0.2, 0) is 19.6 Å². The number of quaternary nitrogens is 1. The fourth-order valence-electron chi connectivity index (χ4n) is 4.63. The smallest absolute Gasteiger partial charge is 0.407 e. The highest BCUT2D eigenvalue weighted by atomic mass is 127. The average molecular weight is 810 g/mol. The molecule has 0 radical (unpaired) electrons. The molecule has 1 aliphatic carbocycles. The highest BCUT2D eigenvalue weighted by Gasteiger charge is 2.42. The molecule has 11 nitrogen and oxygen atoms in total. The number of hydrogen-bond donors (Lipinski definition) is 2. The number of likely N-dealkylation sites (N-methyl/N-ethyl adjacent to an activating group) is 2. The minimum absolute atomic E-state index is 0.00451. The van der Waals surface area contributed by atoms with Crippen molar-refractivity contribution in [1.29, 1.82) is 6.54 Å². The molecule has 2 N–H and O–H groups in total. The Balaban J connectivity index is 0. The van der Waals surface area contributed by atoms with Crippen LogP contribution in [0.4, 0.5) is 4.79 Å². The SMILES string of the molecule is CC1(C)CC(NC(=O)OCC[N+](C)(C)CCCS(=O)(=O)[O-])CC(C)(COC#N)C1.CN(C)CCO.[2H]P(I)I. The van der Waals surface area contributed by atoms with E-state index >= 15 is 0 Å². The fraction of sp³-hybridized carbons (Fsp3) is 0.913. The Morgan fingerprint density at radius 1 is 1.32 bits per heavy atom. The molecular weight excluding hydrogens is 761 g/mol. The van der Waals surface area contributed by atoms with E-state index in [1.807, 2.05) is 33.1 Å². The fourth-order valence-corrected chi connectivity index (χ4v) is 5.11. The second-order valence-electron chi connectivity index (χ2n) is 11.5. The Labute approximate surface area is 259 Å². The monoisotopic (exact) mass is 809 g/mol. The van der Waals surface area contributed by atoms with Gasteiger partial charge in [0.25, 0.3) is 6.26 Å². The van der Waals surface area contributed by atoms with Crippen LogP contribution in [0.15, 0.2) is 0 Å². The van der Waals surface area contributed by atoms with Crippen LogP contribution in [0.25, 0.3) is 0 Å². The molecule has 0 spiro atoms. The van der Waals surface area contributed by atoms with Gasteiger partial charge in [0.2, 0.25) is 0 Å². The summed E-state index contributed by atoms with van der Waals surface area (Å²) in [6.07, 6.45) is 3.93. The predicted octanol–water partition coefficient (Wildman–Crippen LogP) is 3.71. The number of aliphatic hydroxyl groups is 1. The van der Waals surface area contributed by atoms with Crippen LogP contribution in [0.5, 0.6) is 0 Å². The summed E-state index contributed by atoms with van der Waals surface area (Å²) in [5, 5.41) is 19.8. The lowest BCUT2D eigenvalue weighted by molar-refractivity contribution is -0.890. The first-order chi connectivity index (χ1) is 17.7. The molecule has 1 aliphatic rings. The van der Waals surface area contributed by atoms with E-state index in [1.54, 1.807) is 6.26 Å². The van der Waals surface area contributed by atoms with Crippen LogP contribution in [0.1, 0.15) is 46.5 Å².